The second-order valence-corrected chi connectivity index (χ2v) is 5.58. The van der Waals surface area contributed by atoms with Gasteiger partial charge in [-0.3, -0.25) is 9.59 Å². The lowest BCUT2D eigenvalue weighted by Crippen LogP contribution is -2.33. The number of rotatable bonds is 5. The highest BCUT2D eigenvalue weighted by atomic mass is 16.6. The Morgan fingerprint density at radius 3 is 2.33 bits per heavy atom. The third-order valence-corrected chi connectivity index (χ3v) is 3.96. The zero-order chi connectivity index (χ0) is 17.2. The molecule has 1 unspecified atom stereocenters. The summed E-state index contributed by atoms with van der Waals surface area (Å²) in [5, 5.41) is 19.3. The molecule has 0 saturated heterocycles. The Morgan fingerprint density at radius 2 is 1.71 bits per heavy atom. The number of benzene rings is 2. The first-order valence-corrected chi connectivity index (χ1v) is 7.52. The molecule has 2 N–H and O–H groups in total. The topological polar surface area (TPSA) is 83.8 Å². The first-order valence-electron chi connectivity index (χ1n) is 7.52. The Kier molecular flexibility index (Phi) is 4.18. The van der Waals surface area contributed by atoms with E-state index >= 15 is 0 Å². The van der Waals surface area contributed by atoms with Crippen LogP contribution < -0.4 is 0 Å². The fourth-order valence-electron chi connectivity index (χ4n) is 2.60. The average Bonchev–Trinajstić information content (AvgIpc) is 2.91. The molecule has 2 aromatic rings. The third-order valence-electron chi connectivity index (χ3n) is 3.96. The molecule has 3 rings (SSSR count). The second kappa shape index (κ2) is 6.29. The average molecular weight is 324 g/mol. The van der Waals surface area contributed by atoms with Crippen LogP contribution in [0, 0.1) is 0 Å². The van der Waals surface area contributed by atoms with E-state index in [1.165, 1.54) is 6.26 Å². The minimum absolute atomic E-state index is 0.0534. The van der Waals surface area contributed by atoms with Gasteiger partial charge < -0.3 is 14.9 Å². The van der Waals surface area contributed by atoms with Crippen molar-refractivity contribution >= 4 is 17.3 Å². The lowest BCUT2D eigenvalue weighted by molar-refractivity contribution is -0.177. The Balaban J connectivity index is 1.79. The number of hydrogen-bond acceptors (Lipinski definition) is 4. The van der Waals surface area contributed by atoms with Crippen molar-refractivity contribution in [3.05, 3.63) is 77.5 Å². The van der Waals surface area contributed by atoms with Crippen LogP contribution in [0.15, 0.2) is 60.9 Å². The van der Waals surface area contributed by atoms with Crippen molar-refractivity contribution in [1.82, 2.24) is 0 Å². The van der Waals surface area contributed by atoms with Gasteiger partial charge in [-0.1, -0.05) is 54.6 Å². The van der Waals surface area contributed by atoms with Crippen LogP contribution in [0.5, 0.6) is 0 Å². The van der Waals surface area contributed by atoms with E-state index in [9.17, 15) is 14.7 Å². The summed E-state index contributed by atoms with van der Waals surface area (Å²) in [6.45, 7) is 0. The molecule has 1 atom stereocenters. The highest BCUT2D eigenvalue weighted by molar-refractivity contribution is 6.25. The molecule has 5 heteroatoms. The van der Waals surface area contributed by atoms with Gasteiger partial charge in [0.25, 0.3) is 5.79 Å². The number of carbonyl (C=O) groups excluding carboxylic acids is 1. The molecular weight excluding hydrogens is 308 g/mol. The number of ether oxygens (including phenoxy) is 1. The molecular formula is C19H16O5. The summed E-state index contributed by atoms with van der Waals surface area (Å²) in [6.07, 6.45) is 1.74. The lowest BCUT2D eigenvalue weighted by Gasteiger charge is -2.20. The molecule has 1 heterocycles. The van der Waals surface area contributed by atoms with Crippen molar-refractivity contribution in [2.24, 2.45) is 0 Å². The number of Topliss-reactive ketones (excluding diaryl/α,β-unsaturated/α-hetero) is 1. The van der Waals surface area contributed by atoms with E-state index in [1.54, 1.807) is 54.6 Å². The Bertz CT molecular complexity index is 792. The number of ketones is 1. The van der Waals surface area contributed by atoms with Crippen LogP contribution >= 0.6 is 0 Å². The smallest absolute Gasteiger partial charge is 0.303 e. The predicted molar refractivity (Wildman–Crippen MR) is 86.8 cm³/mol. The van der Waals surface area contributed by atoms with Gasteiger partial charge in [0.05, 0.1) is 11.8 Å². The molecule has 0 saturated carbocycles. The van der Waals surface area contributed by atoms with Crippen LogP contribution in [0.4, 0.5) is 0 Å². The van der Waals surface area contributed by atoms with Crippen molar-refractivity contribution in [2.45, 2.75) is 18.6 Å². The van der Waals surface area contributed by atoms with Gasteiger partial charge in [0.2, 0.25) is 5.78 Å². The summed E-state index contributed by atoms with van der Waals surface area (Å²) < 4.78 is 5.28. The first-order chi connectivity index (χ1) is 11.5. The number of aliphatic hydroxyl groups is 1. The first kappa shape index (κ1) is 16.0. The number of carboxylic acid groups (broad SMARTS) is 1. The fraction of sp³-hybridized carbons (Fsp3) is 0.158. The summed E-state index contributed by atoms with van der Waals surface area (Å²) in [5.41, 5.74) is 2.14. The maximum Gasteiger partial charge on any atom is 0.303 e. The van der Waals surface area contributed by atoms with E-state index in [0.717, 1.165) is 5.56 Å². The van der Waals surface area contributed by atoms with Crippen LogP contribution in [-0.4, -0.2) is 22.0 Å². The number of carboxylic acids is 1. The summed E-state index contributed by atoms with van der Waals surface area (Å²) in [5.74, 6) is -3.38. The minimum atomic E-state index is -2.00. The van der Waals surface area contributed by atoms with E-state index in [-0.39, 0.29) is 12.0 Å². The number of aryl methyl sites for hydroxylation is 1. The van der Waals surface area contributed by atoms with Crippen LogP contribution in [0.25, 0.3) is 5.57 Å². The van der Waals surface area contributed by atoms with Gasteiger partial charge in [-0.2, -0.15) is 0 Å². The van der Waals surface area contributed by atoms with Crippen LogP contribution in [0.2, 0.25) is 0 Å². The molecule has 0 bridgehead atoms. The van der Waals surface area contributed by atoms with Crippen LogP contribution in [-0.2, 0) is 26.5 Å². The standard InChI is InChI=1S/C19H16O5/c20-17(21)11-8-13-6-9-14(10-7-13)16-12-24-19(23,18(16)22)15-4-2-1-3-5-15/h1-7,9-10,12,23H,8,11H2,(H,20,21). The van der Waals surface area contributed by atoms with Crippen molar-refractivity contribution in [3.63, 3.8) is 0 Å². The number of hydrogen-bond donors (Lipinski definition) is 2. The predicted octanol–water partition coefficient (Wildman–Crippen LogP) is 2.49. The maximum absolute atomic E-state index is 12.6. The van der Waals surface area contributed by atoms with Crippen LogP contribution in [0.3, 0.4) is 0 Å². The van der Waals surface area contributed by atoms with Crippen molar-refractivity contribution in [3.8, 4) is 0 Å². The highest BCUT2D eigenvalue weighted by Gasteiger charge is 2.46. The number of aliphatic carboxylic acids is 1. The molecule has 0 amide bonds. The van der Waals surface area contributed by atoms with Gasteiger partial charge in [-0.05, 0) is 17.5 Å². The van der Waals surface area contributed by atoms with E-state index < -0.39 is 17.5 Å². The molecule has 0 aromatic heterocycles. The lowest BCUT2D eigenvalue weighted by atomic mass is 9.94. The van der Waals surface area contributed by atoms with E-state index in [0.29, 0.717) is 17.5 Å². The quantitative estimate of drug-likeness (QED) is 0.883. The molecule has 0 spiro atoms. The zero-order valence-electron chi connectivity index (χ0n) is 12.8. The van der Waals surface area contributed by atoms with Gasteiger partial charge >= 0.3 is 5.97 Å². The molecule has 0 radical (unpaired) electrons. The molecule has 2 aromatic carbocycles. The summed E-state index contributed by atoms with van der Waals surface area (Å²) in [6, 6.07) is 15.5. The molecule has 0 fully saturated rings. The minimum Gasteiger partial charge on any atom is -0.481 e. The van der Waals surface area contributed by atoms with Crippen molar-refractivity contribution in [1.29, 1.82) is 0 Å². The maximum atomic E-state index is 12.6. The van der Waals surface area contributed by atoms with E-state index in [4.69, 9.17) is 9.84 Å². The molecule has 1 aliphatic heterocycles. The Labute approximate surface area is 138 Å². The number of carbonyl (C=O) groups is 2. The third kappa shape index (κ3) is 2.94. The summed E-state index contributed by atoms with van der Waals surface area (Å²) in [4.78, 5) is 23.2. The van der Waals surface area contributed by atoms with E-state index in [1.807, 2.05) is 0 Å². The van der Waals surface area contributed by atoms with Gasteiger partial charge in [0.1, 0.15) is 0 Å². The van der Waals surface area contributed by atoms with Gasteiger partial charge in [-0.25, -0.2) is 0 Å². The highest BCUT2D eigenvalue weighted by Crippen LogP contribution is 2.36. The fourth-order valence-corrected chi connectivity index (χ4v) is 2.60. The summed E-state index contributed by atoms with van der Waals surface area (Å²) in [7, 11) is 0. The van der Waals surface area contributed by atoms with Gasteiger partial charge in [0.15, 0.2) is 0 Å². The monoisotopic (exact) mass is 324 g/mol. The van der Waals surface area contributed by atoms with Crippen LogP contribution in [0.1, 0.15) is 23.1 Å². The van der Waals surface area contributed by atoms with E-state index in [2.05, 4.69) is 0 Å². The van der Waals surface area contributed by atoms with Gasteiger partial charge in [-0.15, -0.1) is 0 Å². The molecule has 122 valence electrons. The molecule has 0 aliphatic carbocycles. The Morgan fingerprint density at radius 1 is 1.04 bits per heavy atom. The molecule has 24 heavy (non-hydrogen) atoms. The SMILES string of the molecule is O=C(O)CCc1ccc(C2=COC(O)(c3ccccc3)C2=O)cc1. The Hall–Kier alpha value is -2.92. The normalized spacial score (nSPS) is 19.7. The molecule has 5 nitrogen and oxygen atoms in total. The van der Waals surface area contributed by atoms with Crippen molar-refractivity contribution in [2.75, 3.05) is 0 Å². The van der Waals surface area contributed by atoms with Gasteiger partial charge in [0, 0.05) is 12.0 Å². The second-order valence-electron chi connectivity index (χ2n) is 5.58. The summed E-state index contributed by atoms with van der Waals surface area (Å²) >= 11 is 0. The van der Waals surface area contributed by atoms with Crippen molar-refractivity contribution < 1.29 is 24.5 Å². The largest absolute Gasteiger partial charge is 0.481 e. The zero-order valence-corrected chi connectivity index (χ0v) is 12.8. The molecule has 1 aliphatic rings.